The van der Waals surface area contributed by atoms with Gasteiger partial charge in [-0.25, -0.2) is 0 Å². The Hall–Kier alpha value is -5.68. The minimum absolute atomic E-state index is 0.0237. The molecule has 5 heterocycles. The normalized spacial score (nSPS) is 36.2. The van der Waals surface area contributed by atoms with E-state index >= 15 is 0 Å². The van der Waals surface area contributed by atoms with Gasteiger partial charge >= 0.3 is 5.97 Å². The zero-order chi connectivity index (χ0) is 47.4. The molecule has 63 heavy (non-hydrogen) atoms. The molecule has 0 saturated carbocycles. The lowest BCUT2D eigenvalue weighted by Crippen LogP contribution is -2.56. The Morgan fingerprint density at radius 2 is 1.22 bits per heavy atom. The van der Waals surface area contributed by atoms with Crippen molar-refractivity contribution in [1.29, 1.82) is 0 Å². The Balaban J connectivity index is 2.03. The van der Waals surface area contributed by atoms with Crippen LogP contribution in [0.5, 0.6) is 0 Å². The summed E-state index contributed by atoms with van der Waals surface area (Å²) in [6, 6.07) is -0.928. The van der Waals surface area contributed by atoms with Crippen molar-refractivity contribution in [3.05, 3.63) is 34.3 Å². The molecule has 0 spiro atoms. The molecule has 1 fully saturated rings. The highest BCUT2D eigenvalue weighted by Gasteiger charge is 2.66. The molecule has 5 aliphatic rings. The number of carbonyl (C=O) groups excluding carboxylic acids is 6. The van der Waals surface area contributed by atoms with Gasteiger partial charge in [0.15, 0.2) is 0 Å². The van der Waals surface area contributed by atoms with Crippen LogP contribution >= 0.6 is 0 Å². The third kappa shape index (κ3) is 8.56. The number of hydrogen-bond acceptors (Lipinski definition) is 11. The van der Waals surface area contributed by atoms with Crippen molar-refractivity contribution in [2.45, 2.75) is 138 Å². The molecule has 5 rings (SSSR count). The van der Waals surface area contributed by atoms with Crippen LogP contribution in [0.3, 0.4) is 0 Å². The summed E-state index contributed by atoms with van der Waals surface area (Å²) in [4.78, 5) is 106. The Bertz CT molecular complexity index is 2220. The molecule has 0 aliphatic carbocycles. The van der Waals surface area contributed by atoms with E-state index in [1.165, 1.54) is 0 Å². The molecule has 5 aliphatic heterocycles. The van der Waals surface area contributed by atoms with Gasteiger partial charge in [0.1, 0.15) is 0 Å². The van der Waals surface area contributed by atoms with Crippen molar-refractivity contribution in [3.8, 4) is 0 Å². The van der Waals surface area contributed by atoms with Crippen LogP contribution in [0.15, 0.2) is 49.3 Å². The SMILES string of the molecule is C/C1=C2N=C(/C=C3\N/C(=C(/C)C4=N[C@@](C)([C@@H]5N=C1[C@](C)(CCC(=O)O)[C@H]5CC(N)=O)[C@@](C)(CC(N)=O)[C@@H]4CCC(N)=O)[C@@](C)(CC(N)=O)[C@@H]3CCC(N)=O)C(C)(C)[C@@H]/2CCC(N)=O. The second-order valence-electron chi connectivity index (χ2n) is 19.9. The fraction of sp³-hybridized carbons (Fsp3) is 0.644. The molecule has 1 saturated heterocycles. The van der Waals surface area contributed by atoms with Gasteiger partial charge in [-0.2, -0.15) is 0 Å². The van der Waals surface area contributed by atoms with Gasteiger partial charge in [-0.1, -0.05) is 34.6 Å². The molecule has 0 aromatic heterocycles. The largest absolute Gasteiger partial charge is 0.481 e. The molecule has 344 valence electrons. The number of allylic oxidation sites excluding steroid dienone is 6. The minimum atomic E-state index is -1.39. The van der Waals surface area contributed by atoms with Gasteiger partial charge in [-0.3, -0.25) is 48.5 Å². The van der Waals surface area contributed by atoms with Crippen LogP contribution < -0.4 is 39.7 Å². The number of amides is 6. The molecular weight excluding hydrogens is 809 g/mol. The maximum absolute atomic E-state index is 13.4. The van der Waals surface area contributed by atoms with E-state index in [2.05, 4.69) is 5.32 Å². The fourth-order valence-corrected chi connectivity index (χ4v) is 11.9. The van der Waals surface area contributed by atoms with Crippen LogP contribution in [0.2, 0.25) is 0 Å². The summed E-state index contributed by atoms with van der Waals surface area (Å²) in [7, 11) is 0. The van der Waals surface area contributed by atoms with Crippen LogP contribution in [-0.2, 0) is 33.6 Å². The number of rotatable bonds is 18. The zero-order valence-corrected chi connectivity index (χ0v) is 37.9. The van der Waals surface area contributed by atoms with Crippen LogP contribution in [0.4, 0.5) is 0 Å². The van der Waals surface area contributed by atoms with E-state index in [0.717, 1.165) is 0 Å². The van der Waals surface area contributed by atoms with E-state index in [1.807, 2.05) is 61.5 Å². The maximum atomic E-state index is 13.4. The first-order valence-corrected chi connectivity index (χ1v) is 21.6. The van der Waals surface area contributed by atoms with Crippen molar-refractivity contribution in [3.63, 3.8) is 0 Å². The van der Waals surface area contributed by atoms with Crippen molar-refractivity contribution in [2.24, 2.45) is 94.7 Å². The topological polar surface area (TPSA) is 345 Å². The standard InChI is InChI=1S/C45H66N10O8/c1-21-36-24(10-13-30(47)57)41(3,4)28(53-36)18-27-23(9-12-29(46)56)43(6,19-33(50)60)39(52-27)22(2)37-25(11-14-31(48)58)44(7,20-34(51)61)45(8,55-37)40-26(17-32(49)59)42(5,38(21)54-40)16-15-35(62)63/h18,23-26,40,52H,9-17,19-20H2,1-8H3,(H2,46,56)(H2,47,57)(H2,48,58)(H2,49,59)(H2,50,60)(H2,51,61)(H,62,63)/b27-18-,36-21-,39-22-/t23-,24-,25-,26+,40-,42-,43+,44+,45+/m1/s1. The number of hydrogen-bond donors (Lipinski definition) is 8. The number of carboxylic acids is 1. The third-order valence-electron chi connectivity index (χ3n) is 15.5. The number of nitrogens with two attached hydrogens (primary N) is 6. The molecule has 0 aromatic rings. The van der Waals surface area contributed by atoms with Crippen LogP contribution in [0, 0.1) is 45.3 Å². The van der Waals surface area contributed by atoms with Gasteiger partial charge in [0.05, 0.1) is 11.6 Å². The van der Waals surface area contributed by atoms with Crippen LogP contribution in [0.1, 0.15) is 126 Å². The Labute approximate surface area is 368 Å². The van der Waals surface area contributed by atoms with E-state index in [4.69, 9.17) is 49.4 Å². The molecular formula is C45H66N10O8. The molecule has 6 amide bonds. The second-order valence-corrected chi connectivity index (χ2v) is 19.9. The van der Waals surface area contributed by atoms with Crippen LogP contribution in [0.25, 0.3) is 0 Å². The second kappa shape index (κ2) is 17.1. The average molecular weight is 875 g/mol. The van der Waals surface area contributed by atoms with Gasteiger partial charge in [0.25, 0.3) is 0 Å². The number of aliphatic carboxylic acids is 1. The van der Waals surface area contributed by atoms with E-state index in [0.29, 0.717) is 51.8 Å². The summed E-state index contributed by atoms with van der Waals surface area (Å²) in [6.07, 6.45) is 1.58. The van der Waals surface area contributed by atoms with E-state index in [-0.39, 0.29) is 64.2 Å². The lowest BCUT2D eigenvalue weighted by atomic mass is 9.55. The van der Waals surface area contributed by atoms with Gasteiger partial charge < -0.3 is 44.8 Å². The number of primary amides is 6. The Kier molecular flexibility index (Phi) is 13.1. The highest BCUT2D eigenvalue weighted by molar-refractivity contribution is 6.10. The van der Waals surface area contributed by atoms with Gasteiger partial charge in [-0.15, -0.1) is 0 Å². The highest BCUT2D eigenvalue weighted by Crippen LogP contribution is 2.62. The summed E-state index contributed by atoms with van der Waals surface area (Å²) >= 11 is 0. The molecule has 8 bridgehead atoms. The summed E-state index contributed by atoms with van der Waals surface area (Å²) in [5, 5.41) is 13.8. The molecule has 0 radical (unpaired) electrons. The van der Waals surface area contributed by atoms with Crippen molar-refractivity contribution in [2.75, 3.05) is 0 Å². The first-order chi connectivity index (χ1) is 29.0. The molecule has 9 atom stereocenters. The summed E-state index contributed by atoms with van der Waals surface area (Å²) < 4.78 is 0. The number of carboxylic acid groups (broad SMARTS) is 1. The smallest absolute Gasteiger partial charge is 0.303 e. The van der Waals surface area contributed by atoms with E-state index in [9.17, 15) is 38.7 Å². The molecule has 0 aromatic carbocycles. The number of fused-ring (bicyclic) bond motifs is 6. The summed E-state index contributed by atoms with van der Waals surface area (Å²) in [6.45, 7) is 15.1. The zero-order valence-electron chi connectivity index (χ0n) is 37.9. The van der Waals surface area contributed by atoms with Gasteiger partial charge in [0, 0.05) is 125 Å². The first-order valence-electron chi connectivity index (χ1n) is 21.6. The maximum Gasteiger partial charge on any atom is 0.303 e. The van der Waals surface area contributed by atoms with Crippen molar-refractivity contribution in [1.82, 2.24) is 5.32 Å². The van der Waals surface area contributed by atoms with Gasteiger partial charge in [-0.05, 0) is 63.7 Å². The van der Waals surface area contributed by atoms with Crippen molar-refractivity contribution >= 4 is 58.5 Å². The minimum Gasteiger partial charge on any atom is -0.481 e. The van der Waals surface area contributed by atoms with Crippen LogP contribution in [-0.4, -0.2) is 75.2 Å². The number of carbonyl (C=O) groups is 7. The lowest BCUT2D eigenvalue weighted by Gasteiger charge is -2.48. The molecule has 0 unspecified atom stereocenters. The lowest BCUT2D eigenvalue weighted by molar-refractivity contribution is -0.137. The van der Waals surface area contributed by atoms with Crippen molar-refractivity contribution < 1.29 is 38.7 Å². The quantitative estimate of drug-likeness (QED) is 0.100. The predicted molar refractivity (Wildman–Crippen MR) is 237 cm³/mol. The first kappa shape index (κ1) is 48.4. The monoisotopic (exact) mass is 875 g/mol. The van der Waals surface area contributed by atoms with E-state index in [1.54, 1.807) is 0 Å². The Morgan fingerprint density at radius 3 is 1.73 bits per heavy atom. The molecule has 14 N–H and O–H groups in total. The number of nitrogens with zero attached hydrogens (tertiary/aromatic N) is 3. The highest BCUT2D eigenvalue weighted by atomic mass is 16.4. The Morgan fingerprint density at radius 1 is 0.683 bits per heavy atom. The summed E-state index contributed by atoms with van der Waals surface area (Å²) in [5.41, 5.74) is 34.4. The van der Waals surface area contributed by atoms with E-state index < -0.39 is 98.3 Å². The number of aliphatic imine (C=N–C) groups is 3. The van der Waals surface area contributed by atoms with Gasteiger partial charge in [0.2, 0.25) is 35.4 Å². The summed E-state index contributed by atoms with van der Waals surface area (Å²) in [5.74, 6) is -7.06. The molecule has 18 nitrogen and oxygen atoms in total. The number of nitrogens with one attached hydrogen (secondary N) is 1. The third-order valence-corrected chi connectivity index (χ3v) is 15.5. The predicted octanol–water partition coefficient (Wildman–Crippen LogP) is 2.32. The fourth-order valence-electron chi connectivity index (χ4n) is 11.9. The average Bonchev–Trinajstić information content (AvgIpc) is 3.75. The molecule has 18 heteroatoms.